The van der Waals surface area contributed by atoms with E-state index in [1.54, 1.807) is 0 Å². The minimum Gasteiger partial charge on any atom is -0.489 e. The number of carbonyl (C=O) groups is 1. The molecule has 18 heavy (non-hydrogen) atoms. The molecule has 1 N–H and O–H groups in total. The first-order chi connectivity index (χ1) is 8.58. The predicted octanol–water partition coefficient (Wildman–Crippen LogP) is 3.26. The van der Waals surface area contributed by atoms with Crippen molar-refractivity contribution in [1.82, 2.24) is 0 Å². The topological polar surface area (TPSA) is 46.5 Å². The van der Waals surface area contributed by atoms with Crippen molar-refractivity contribution < 1.29 is 14.6 Å². The molecule has 0 amide bonds. The Morgan fingerprint density at radius 1 is 1.33 bits per heavy atom. The molecule has 1 aliphatic rings. The van der Waals surface area contributed by atoms with Crippen LogP contribution in [0.5, 0.6) is 5.75 Å². The Hall–Kier alpha value is -1.51. The highest BCUT2D eigenvalue weighted by molar-refractivity contribution is 5.71. The molecule has 1 aliphatic carbocycles. The molecule has 3 unspecified atom stereocenters. The van der Waals surface area contributed by atoms with Crippen molar-refractivity contribution in [3.8, 4) is 5.75 Å². The van der Waals surface area contributed by atoms with E-state index >= 15 is 0 Å². The first-order valence-corrected chi connectivity index (χ1v) is 6.53. The molecule has 3 heteroatoms. The van der Waals surface area contributed by atoms with Crippen LogP contribution in [0.4, 0.5) is 0 Å². The lowest BCUT2D eigenvalue weighted by Crippen LogP contribution is -2.38. The predicted molar refractivity (Wildman–Crippen MR) is 69.7 cm³/mol. The van der Waals surface area contributed by atoms with Gasteiger partial charge in [-0.25, -0.2) is 0 Å². The number of ether oxygens (including phenoxy) is 1. The van der Waals surface area contributed by atoms with E-state index in [-0.39, 0.29) is 12.0 Å². The van der Waals surface area contributed by atoms with Crippen molar-refractivity contribution in [1.29, 1.82) is 0 Å². The number of carboxylic acid groups (broad SMARTS) is 1. The van der Waals surface area contributed by atoms with E-state index in [0.29, 0.717) is 12.3 Å². The fourth-order valence-corrected chi connectivity index (χ4v) is 2.59. The van der Waals surface area contributed by atoms with Gasteiger partial charge in [-0.05, 0) is 43.7 Å². The summed E-state index contributed by atoms with van der Waals surface area (Å²) in [4.78, 5) is 11.3. The van der Waals surface area contributed by atoms with Crippen LogP contribution in [0.3, 0.4) is 0 Å². The molecule has 2 rings (SSSR count). The monoisotopic (exact) mass is 248 g/mol. The molecule has 1 fully saturated rings. The summed E-state index contributed by atoms with van der Waals surface area (Å²) in [6.45, 7) is 4.14. The van der Waals surface area contributed by atoms with Crippen LogP contribution in [0.25, 0.3) is 0 Å². The number of benzene rings is 1. The fraction of sp³-hybridized carbons (Fsp3) is 0.533. The van der Waals surface area contributed by atoms with Gasteiger partial charge in [0.2, 0.25) is 0 Å². The summed E-state index contributed by atoms with van der Waals surface area (Å²) < 4.78 is 5.95. The number of hydrogen-bond acceptors (Lipinski definition) is 2. The largest absolute Gasteiger partial charge is 0.489 e. The van der Waals surface area contributed by atoms with Gasteiger partial charge in [0.15, 0.2) is 0 Å². The zero-order valence-electron chi connectivity index (χ0n) is 10.9. The Kier molecular flexibility index (Phi) is 3.90. The van der Waals surface area contributed by atoms with Crippen LogP contribution in [0.2, 0.25) is 0 Å². The first-order valence-electron chi connectivity index (χ1n) is 6.53. The second-order valence-electron chi connectivity index (χ2n) is 5.28. The SMILES string of the molecule is Cc1ccccc1OC1CC(C)CCC1C(=O)O. The number of rotatable bonds is 3. The second-order valence-corrected chi connectivity index (χ2v) is 5.28. The van der Waals surface area contributed by atoms with Crippen molar-refractivity contribution in [3.63, 3.8) is 0 Å². The van der Waals surface area contributed by atoms with Crippen LogP contribution in [0.1, 0.15) is 31.7 Å². The number of para-hydroxylation sites is 1. The lowest BCUT2D eigenvalue weighted by molar-refractivity contribution is -0.147. The van der Waals surface area contributed by atoms with Crippen molar-refractivity contribution >= 4 is 5.97 Å². The Bertz CT molecular complexity index is 428. The third kappa shape index (κ3) is 2.84. The highest BCUT2D eigenvalue weighted by Gasteiger charge is 2.35. The molecule has 1 aromatic carbocycles. The number of aryl methyl sites for hydroxylation is 1. The van der Waals surface area contributed by atoms with Gasteiger partial charge in [-0.15, -0.1) is 0 Å². The van der Waals surface area contributed by atoms with Gasteiger partial charge in [0, 0.05) is 0 Å². The Morgan fingerprint density at radius 3 is 2.72 bits per heavy atom. The third-order valence-electron chi connectivity index (χ3n) is 3.74. The highest BCUT2D eigenvalue weighted by atomic mass is 16.5. The maximum Gasteiger partial charge on any atom is 0.310 e. The van der Waals surface area contributed by atoms with Gasteiger partial charge in [-0.1, -0.05) is 25.1 Å². The molecule has 0 spiro atoms. The van der Waals surface area contributed by atoms with Gasteiger partial charge >= 0.3 is 5.97 Å². The average molecular weight is 248 g/mol. The van der Waals surface area contributed by atoms with Crippen LogP contribution in [0, 0.1) is 18.8 Å². The Labute approximate surface area is 108 Å². The van der Waals surface area contributed by atoms with E-state index in [0.717, 1.165) is 24.2 Å². The number of aliphatic carboxylic acids is 1. The first kappa shape index (κ1) is 12.9. The summed E-state index contributed by atoms with van der Waals surface area (Å²) >= 11 is 0. The van der Waals surface area contributed by atoms with E-state index in [1.165, 1.54) is 0 Å². The second kappa shape index (κ2) is 5.42. The third-order valence-corrected chi connectivity index (χ3v) is 3.74. The number of hydrogen-bond donors (Lipinski definition) is 1. The van der Waals surface area contributed by atoms with Crippen molar-refractivity contribution in [3.05, 3.63) is 29.8 Å². The minimum atomic E-state index is -0.736. The molecule has 3 nitrogen and oxygen atoms in total. The molecule has 0 radical (unpaired) electrons. The maximum absolute atomic E-state index is 11.3. The standard InChI is InChI=1S/C15H20O3/c1-10-7-8-12(15(16)17)14(9-10)18-13-6-4-3-5-11(13)2/h3-6,10,12,14H,7-9H2,1-2H3,(H,16,17). The molecule has 1 aromatic rings. The van der Waals surface area contributed by atoms with Gasteiger partial charge in [0.25, 0.3) is 0 Å². The molecule has 98 valence electrons. The van der Waals surface area contributed by atoms with Crippen LogP contribution in [0.15, 0.2) is 24.3 Å². The van der Waals surface area contributed by atoms with E-state index < -0.39 is 5.97 Å². The summed E-state index contributed by atoms with van der Waals surface area (Å²) in [5.41, 5.74) is 1.06. The van der Waals surface area contributed by atoms with Gasteiger partial charge in [0.05, 0.1) is 5.92 Å². The van der Waals surface area contributed by atoms with Crippen LogP contribution in [-0.4, -0.2) is 17.2 Å². The lowest BCUT2D eigenvalue weighted by atomic mass is 9.80. The number of carboxylic acids is 1. The zero-order chi connectivity index (χ0) is 13.1. The van der Waals surface area contributed by atoms with Crippen LogP contribution in [-0.2, 0) is 4.79 Å². The summed E-state index contributed by atoms with van der Waals surface area (Å²) in [6.07, 6.45) is 2.32. The fourth-order valence-electron chi connectivity index (χ4n) is 2.59. The molecule has 0 heterocycles. The molecule has 0 saturated heterocycles. The zero-order valence-corrected chi connectivity index (χ0v) is 10.9. The molecule has 3 atom stereocenters. The summed E-state index contributed by atoms with van der Waals surface area (Å²) in [7, 11) is 0. The smallest absolute Gasteiger partial charge is 0.310 e. The molecule has 0 aliphatic heterocycles. The Balaban J connectivity index is 2.14. The summed E-state index contributed by atoms with van der Waals surface area (Å²) in [5, 5.41) is 9.26. The maximum atomic E-state index is 11.3. The summed E-state index contributed by atoms with van der Waals surface area (Å²) in [5.74, 6) is 0.235. The molecule has 0 aromatic heterocycles. The minimum absolute atomic E-state index is 0.202. The van der Waals surface area contributed by atoms with Gasteiger partial charge < -0.3 is 9.84 Å². The van der Waals surface area contributed by atoms with Crippen LogP contribution < -0.4 is 4.74 Å². The van der Waals surface area contributed by atoms with Crippen molar-refractivity contribution in [2.45, 2.75) is 39.2 Å². The van der Waals surface area contributed by atoms with Gasteiger partial charge in [0.1, 0.15) is 11.9 Å². The average Bonchev–Trinajstić information content (AvgIpc) is 2.32. The highest BCUT2D eigenvalue weighted by Crippen LogP contribution is 2.32. The van der Waals surface area contributed by atoms with E-state index in [1.807, 2.05) is 31.2 Å². The molecular formula is C15H20O3. The molecule has 1 saturated carbocycles. The van der Waals surface area contributed by atoms with Gasteiger partial charge in [-0.2, -0.15) is 0 Å². The molecule has 0 bridgehead atoms. The summed E-state index contributed by atoms with van der Waals surface area (Å²) in [6, 6.07) is 7.77. The normalized spacial score (nSPS) is 27.8. The van der Waals surface area contributed by atoms with Gasteiger partial charge in [-0.3, -0.25) is 4.79 Å². The van der Waals surface area contributed by atoms with Crippen LogP contribution >= 0.6 is 0 Å². The molecular weight excluding hydrogens is 228 g/mol. The quantitative estimate of drug-likeness (QED) is 0.893. The van der Waals surface area contributed by atoms with Crippen molar-refractivity contribution in [2.24, 2.45) is 11.8 Å². The van der Waals surface area contributed by atoms with Crippen molar-refractivity contribution in [2.75, 3.05) is 0 Å². The Morgan fingerprint density at radius 2 is 2.06 bits per heavy atom. The van der Waals surface area contributed by atoms with E-state index in [9.17, 15) is 9.90 Å². The van der Waals surface area contributed by atoms with E-state index in [4.69, 9.17) is 4.74 Å². The van der Waals surface area contributed by atoms with E-state index in [2.05, 4.69) is 6.92 Å². The lowest BCUT2D eigenvalue weighted by Gasteiger charge is -2.33.